The van der Waals surface area contributed by atoms with Crippen LogP contribution in [-0.4, -0.2) is 27.7 Å². The first kappa shape index (κ1) is 8.97. The van der Waals surface area contributed by atoms with Gasteiger partial charge in [-0.15, -0.1) is 16.7 Å². The topological polar surface area (TPSA) is 39.9 Å². The number of aromatic nitrogens is 3. The molecule has 4 nitrogen and oxygen atoms in total. The molecule has 0 bridgehead atoms. The van der Waals surface area contributed by atoms with E-state index in [0.717, 1.165) is 31.7 Å². The van der Waals surface area contributed by atoms with Crippen LogP contribution < -0.4 is 0 Å². The number of rotatable bonds is 3. The van der Waals surface area contributed by atoms with Gasteiger partial charge in [-0.3, -0.25) is 0 Å². The molecular formula is C8H12ClN3O. The first-order valence-electron chi connectivity index (χ1n) is 4.45. The van der Waals surface area contributed by atoms with Gasteiger partial charge < -0.3 is 4.74 Å². The van der Waals surface area contributed by atoms with E-state index in [4.69, 9.17) is 16.3 Å². The molecule has 2 rings (SSSR count). The molecule has 0 saturated carbocycles. The van der Waals surface area contributed by atoms with E-state index in [9.17, 15) is 0 Å². The molecule has 1 saturated heterocycles. The molecule has 0 radical (unpaired) electrons. The maximum atomic E-state index is 5.61. The van der Waals surface area contributed by atoms with Crippen molar-refractivity contribution in [1.29, 1.82) is 0 Å². The van der Waals surface area contributed by atoms with E-state index in [0.29, 0.717) is 12.0 Å². The molecule has 0 N–H and O–H groups in total. The van der Waals surface area contributed by atoms with Crippen molar-refractivity contribution < 1.29 is 4.74 Å². The fourth-order valence-corrected chi connectivity index (χ4v) is 1.61. The van der Waals surface area contributed by atoms with Crippen molar-refractivity contribution in [2.24, 2.45) is 0 Å². The van der Waals surface area contributed by atoms with Gasteiger partial charge in [0.1, 0.15) is 0 Å². The van der Waals surface area contributed by atoms with E-state index in [-0.39, 0.29) is 0 Å². The van der Waals surface area contributed by atoms with Crippen molar-refractivity contribution in [3.05, 3.63) is 11.9 Å². The molecule has 1 atom stereocenters. The van der Waals surface area contributed by atoms with E-state index in [2.05, 4.69) is 10.3 Å². The minimum atomic E-state index is 0.310. The van der Waals surface area contributed by atoms with Gasteiger partial charge >= 0.3 is 0 Å². The highest BCUT2D eigenvalue weighted by Crippen LogP contribution is 2.13. The molecule has 0 amide bonds. The number of hydrogen-bond acceptors (Lipinski definition) is 3. The zero-order valence-electron chi connectivity index (χ0n) is 7.32. The largest absolute Gasteiger partial charge is 0.376 e. The molecule has 1 aliphatic rings. The molecule has 1 aliphatic heterocycles. The van der Waals surface area contributed by atoms with Crippen LogP contribution in [0.2, 0.25) is 0 Å². The van der Waals surface area contributed by atoms with E-state index >= 15 is 0 Å². The van der Waals surface area contributed by atoms with E-state index in [1.807, 2.05) is 6.20 Å². The fourth-order valence-electron chi connectivity index (χ4n) is 1.49. The van der Waals surface area contributed by atoms with Crippen LogP contribution in [0.3, 0.4) is 0 Å². The Kier molecular flexibility index (Phi) is 2.80. The number of hydrogen-bond donors (Lipinski definition) is 0. The number of alkyl halides is 1. The molecule has 13 heavy (non-hydrogen) atoms. The molecule has 72 valence electrons. The van der Waals surface area contributed by atoms with Gasteiger partial charge in [-0.2, -0.15) is 0 Å². The van der Waals surface area contributed by atoms with Gasteiger partial charge in [0.15, 0.2) is 0 Å². The van der Waals surface area contributed by atoms with E-state index in [1.54, 1.807) is 4.68 Å². The lowest BCUT2D eigenvalue weighted by atomic mass is 10.2. The molecule has 1 fully saturated rings. The normalized spacial score (nSPS) is 22.4. The predicted octanol–water partition coefficient (Wildman–Crippen LogP) is 1.20. The van der Waals surface area contributed by atoms with Gasteiger partial charge in [-0.05, 0) is 12.8 Å². The quantitative estimate of drug-likeness (QED) is 0.690. The lowest BCUT2D eigenvalue weighted by Crippen LogP contribution is -2.15. The van der Waals surface area contributed by atoms with Crippen molar-refractivity contribution in [1.82, 2.24) is 15.0 Å². The van der Waals surface area contributed by atoms with Crippen LogP contribution in [0.15, 0.2) is 6.20 Å². The third-order valence-corrected chi connectivity index (χ3v) is 2.41. The smallest absolute Gasteiger partial charge is 0.0974 e. The minimum absolute atomic E-state index is 0.310. The Morgan fingerprint density at radius 1 is 1.69 bits per heavy atom. The summed E-state index contributed by atoms with van der Waals surface area (Å²) in [5, 5.41) is 7.85. The standard InChI is InChI=1S/C8H12ClN3O/c9-4-7-5-12(11-10-7)6-8-2-1-3-13-8/h5,8H,1-4,6H2/t8-/m0/s1. The van der Waals surface area contributed by atoms with Crippen LogP contribution in [-0.2, 0) is 17.2 Å². The third kappa shape index (κ3) is 2.19. The highest BCUT2D eigenvalue weighted by atomic mass is 35.5. The van der Waals surface area contributed by atoms with Crippen LogP contribution >= 0.6 is 11.6 Å². The SMILES string of the molecule is ClCc1cn(C[C@@H]2CCCO2)nn1. The summed E-state index contributed by atoms with van der Waals surface area (Å²) in [5.74, 6) is 0.422. The second-order valence-corrected chi connectivity index (χ2v) is 3.47. The van der Waals surface area contributed by atoms with Crippen molar-refractivity contribution in [3.8, 4) is 0 Å². The van der Waals surface area contributed by atoms with E-state index < -0.39 is 0 Å². The maximum Gasteiger partial charge on any atom is 0.0974 e. The summed E-state index contributed by atoms with van der Waals surface area (Å²) in [6.07, 6.45) is 4.46. The van der Waals surface area contributed by atoms with Crippen LogP contribution in [0.25, 0.3) is 0 Å². The predicted molar refractivity (Wildman–Crippen MR) is 48.6 cm³/mol. The second kappa shape index (κ2) is 4.07. The van der Waals surface area contributed by atoms with Crippen molar-refractivity contribution in [2.75, 3.05) is 6.61 Å². The second-order valence-electron chi connectivity index (χ2n) is 3.20. The number of halogens is 1. The lowest BCUT2D eigenvalue weighted by Gasteiger charge is -2.07. The lowest BCUT2D eigenvalue weighted by molar-refractivity contribution is 0.0935. The van der Waals surface area contributed by atoms with Crippen molar-refractivity contribution in [2.45, 2.75) is 31.4 Å². The number of ether oxygens (including phenoxy) is 1. The fraction of sp³-hybridized carbons (Fsp3) is 0.750. The number of nitrogens with zero attached hydrogens (tertiary/aromatic N) is 3. The Morgan fingerprint density at radius 2 is 2.62 bits per heavy atom. The van der Waals surface area contributed by atoms with Gasteiger partial charge in [0, 0.05) is 12.8 Å². The Hall–Kier alpha value is -0.610. The van der Waals surface area contributed by atoms with Crippen LogP contribution in [0, 0.1) is 0 Å². The molecule has 2 heterocycles. The molecule has 5 heteroatoms. The Labute approximate surface area is 81.8 Å². The summed E-state index contributed by atoms with van der Waals surface area (Å²) in [6.45, 7) is 1.67. The van der Waals surface area contributed by atoms with Crippen molar-refractivity contribution in [3.63, 3.8) is 0 Å². The molecule has 0 aliphatic carbocycles. The van der Waals surface area contributed by atoms with Crippen LogP contribution in [0.5, 0.6) is 0 Å². The molecule has 0 spiro atoms. The van der Waals surface area contributed by atoms with Crippen LogP contribution in [0.4, 0.5) is 0 Å². The zero-order chi connectivity index (χ0) is 9.10. The monoisotopic (exact) mass is 201 g/mol. The van der Waals surface area contributed by atoms with Gasteiger partial charge in [-0.25, -0.2) is 4.68 Å². The summed E-state index contributed by atoms with van der Waals surface area (Å²) in [6, 6.07) is 0. The minimum Gasteiger partial charge on any atom is -0.376 e. The molecule has 1 aromatic rings. The highest BCUT2D eigenvalue weighted by Gasteiger charge is 2.16. The summed E-state index contributed by atoms with van der Waals surface area (Å²) >= 11 is 5.61. The Bertz CT molecular complexity index is 270. The third-order valence-electron chi connectivity index (χ3n) is 2.14. The average molecular weight is 202 g/mol. The van der Waals surface area contributed by atoms with Gasteiger partial charge in [0.05, 0.1) is 24.2 Å². The van der Waals surface area contributed by atoms with Crippen molar-refractivity contribution >= 4 is 11.6 Å². The van der Waals surface area contributed by atoms with Gasteiger partial charge in [0.2, 0.25) is 0 Å². The molecular weight excluding hydrogens is 190 g/mol. The summed E-state index contributed by atoms with van der Waals surface area (Å²) in [7, 11) is 0. The van der Waals surface area contributed by atoms with Crippen LogP contribution in [0.1, 0.15) is 18.5 Å². The summed E-state index contributed by atoms with van der Waals surface area (Å²) in [5.41, 5.74) is 0.819. The zero-order valence-corrected chi connectivity index (χ0v) is 8.07. The molecule has 0 aromatic carbocycles. The Balaban J connectivity index is 1.92. The highest BCUT2D eigenvalue weighted by molar-refractivity contribution is 6.16. The van der Waals surface area contributed by atoms with Gasteiger partial charge in [-0.1, -0.05) is 5.21 Å². The van der Waals surface area contributed by atoms with E-state index in [1.165, 1.54) is 0 Å². The summed E-state index contributed by atoms with van der Waals surface area (Å²) < 4.78 is 7.28. The maximum absolute atomic E-state index is 5.61. The average Bonchev–Trinajstić information content (AvgIpc) is 2.76. The molecule has 0 unspecified atom stereocenters. The van der Waals surface area contributed by atoms with Gasteiger partial charge in [0.25, 0.3) is 0 Å². The first-order chi connectivity index (χ1) is 6.38. The summed E-state index contributed by atoms with van der Waals surface area (Å²) in [4.78, 5) is 0. The first-order valence-corrected chi connectivity index (χ1v) is 4.98. The molecule has 1 aromatic heterocycles. The Morgan fingerprint density at radius 3 is 3.23 bits per heavy atom.